The Labute approximate surface area is 206 Å². The third-order valence-corrected chi connectivity index (χ3v) is 7.10. The molecule has 3 aromatic carbocycles. The number of carbonyl (C=O) groups excluding carboxylic acids is 2. The summed E-state index contributed by atoms with van der Waals surface area (Å²) < 4.78 is 6.34. The largest absolute Gasteiger partial charge is 0.465 e. The van der Waals surface area contributed by atoms with Gasteiger partial charge in [0.05, 0.1) is 34.5 Å². The molecular weight excluding hydrogens is 462 g/mol. The number of nitrogens with zero attached hydrogens (tertiary/aromatic N) is 3. The maximum absolute atomic E-state index is 13.6. The van der Waals surface area contributed by atoms with Gasteiger partial charge in [0.2, 0.25) is 5.91 Å². The summed E-state index contributed by atoms with van der Waals surface area (Å²) in [6, 6.07) is 21.8. The van der Waals surface area contributed by atoms with E-state index in [4.69, 9.17) is 9.72 Å². The van der Waals surface area contributed by atoms with E-state index in [-0.39, 0.29) is 11.5 Å². The molecule has 4 aromatic rings. The van der Waals surface area contributed by atoms with Crippen molar-refractivity contribution in [1.29, 1.82) is 0 Å². The van der Waals surface area contributed by atoms with Gasteiger partial charge in [0.25, 0.3) is 5.56 Å². The molecule has 1 aliphatic rings. The molecule has 8 heteroatoms. The number of esters is 1. The zero-order valence-electron chi connectivity index (χ0n) is 19.3. The van der Waals surface area contributed by atoms with E-state index in [2.05, 4.69) is 0 Å². The molecule has 0 saturated heterocycles. The zero-order chi connectivity index (χ0) is 24.5. The summed E-state index contributed by atoms with van der Waals surface area (Å²) in [5.41, 5.74) is 3.14. The quantitative estimate of drug-likeness (QED) is 0.239. The Morgan fingerprint density at radius 1 is 1.03 bits per heavy atom. The monoisotopic (exact) mass is 485 g/mol. The van der Waals surface area contributed by atoms with Crippen molar-refractivity contribution in [2.24, 2.45) is 0 Å². The van der Waals surface area contributed by atoms with E-state index in [9.17, 15) is 14.4 Å². The van der Waals surface area contributed by atoms with E-state index < -0.39 is 11.2 Å². The maximum atomic E-state index is 13.6. The lowest BCUT2D eigenvalue weighted by molar-refractivity contribution is -0.117. The molecule has 1 atom stereocenters. The molecule has 1 amide bonds. The van der Waals surface area contributed by atoms with Crippen LogP contribution < -0.4 is 10.5 Å². The smallest absolute Gasteiger partial charge is 0.337 e. The van der Waals surface area contributed by atoms with Gasteiger partial charge in [0.1, 0.15) is 0 Å². The minimum Gasteiger partial charge on any atom is -0.465 e. The second kappa shape index (κ2) is 9.38. The summed E-state index contributed by atoms with van der Waals surface area (Å²) in [4.78, 5) is 45.6. The van der Waals surface area contributed by atoms with E-state index in [0.717, 1.165) is 17.7 Å². The fourth-order valence-electron chi connectivity index (χ4n) is 4.29. The number of para-hydroxylation sites is 2. The van der Waals surface area contributed by atoms with Crippen molar-refractivity contribution in [2.45, 2.75) is 23.8 Å². The third kappa shape index (κ3) is 4.21. The van der Waals surface area contributed by atoms with Crippen LogP contribution in [0.25, 0.3) is 16.6 Å². The molecule has 0 spiro atoms. The zero-order valence-corrected chi connectivity index (χ0v) is 20.1. The predicted molar refractivity (Wildman–Crippen MR) is 136 cm³/mol. The summed E-state index contributed by atoms with van der Waals surface area (Å²) >= 11 is 1.23. The molecule has 0 aliphatic carbocycles. The lowest BCUT2D eigenvalue weighted by Gasteiger charge is -2.22. The van der Waals surface area contributed by atoms with Crippen LogP contribution in [-0.4, -0.2) is 40.3 Å². The Kier molecular flexibility index (Phi) is 6.13. The number of thioether (sulfide) groups is 1. The second-order valence-corrected chi connectivity index (χ2v) is 9.53. The average Bonchev–Trinajstić information content (AvgIpc) is 3.32. The molecule has 1 unspecified atom stereocenters. The molecule has 0 bridgehead atoms. The summed E-state index contributed by atoms with van der Waals surface area (Å²) in [5, 5.41) is 0.256. The van der Waals surface area contributed by atoms with Crippen molar-refractivity contribution in [3.8, 4) is 5.69 Å². The Hall–Kier alpha value is -3.91. The maximum Gasteiger partial charge on any atom is 0.337 e. The number of fused-ring (bicyclic) bond motifs is 2. The lowest BCUT2D eigenvalue weighted by Crippen LogP contribution is -2.35. The minimum atomic E-state index is -0.508. The van der Waals surface area contributed by atoms with Crippen molar-refractivity contribution < 1.29 is 14.3 Å². The molecule has 35 heavy (non-hydrogen) atoms. The molecular formula is C27H23N3O4S. The molecule has 0 fully saturated rings. The highest BCUT2D eigenvalue weighted by atomic mass is 32.2. The van der Waals surface area contributed by atoms with Crippen LogP contribution >= 0.6 is 11.8 Å². The molecule has 7 nitrogen and oxygen atoms in total. The van der Waals surface area contributed by atoms with Gasteiger partial charge in [0, 0.05) is 12.2 Å². The third-order valence-electron chi connectivity index (χ3n) is 6.06. The van der Waals surface area contributed by atoms with Crippen molar-refractivity contribution in [2.75, 3.05) is 18.6 Å². The molecule has 1 aromatic heterocycles. The first-order valence-electron chi connectivity index (χ1n) is 11.2. The second-order valence-electron chi connectivity index (χ2n) is 8.22. The number of methoxy groups -OCH3 is 1. The van der Waals surface area contributed by atoms with Crippen molar-refractivity contribution >= 4 is 40.2 Å². The van der Waals surface area contributed by atoms with Crippen LogP contribution in [0.2, 0.25) is 0 Å². The van der Waals surface area contributed by atoms with Gasteiger partial charge in [-0.05, 0) is 55.3 Å². The number of anilines is 1. The van der Waals surface area contributed by atoms with Crippen LogP contribution in [0.4, 0.5) is 5.69 Å². The molecule has 176 valence electrons. The Balaban J connectivity index is 1.57. The summed E-state index contributed by atoms with van der Waals surface area (Å²) in [7, 11) is 1.30. The van der Waals surface area contributed by atoms with Crippen molar-refractivity contribution in [3.05, 3.63) is 94.3 Å². The van der Waals surface area contributed by atoms with Gasteiger partial charge < -0.3 is 9.64 Å². The lowest BCUT2D eigenvalue weighted by atomic mass is 10.1. The topological polar surface area (TPSA) is 81.5 Å². The first kappa shape index (κ1) is 22.9. The predicted octanol–water partition coefficient (Wildman–Crippen LogP) is 4.24. The van der Waals surface area contributed by atoms with Crippen LogP contribution in [0, 0.1) is 0 Å². The number of hydrogen-bond donors (Lipinski definition) is 0. The number of hydrogen-bond acceptors (Lipinski definition) is 6. The van der Waals surface area contributed by atoms with Crippen LogP contribution in [0.3, 0.4) is 0 Å². The van der Waals surface area contributed by atoms with Gasteiger partial charge in [-0.2, -0.15) is 0 Å². The first-order chi connectivity index (χ1) is 17.0. The highest BCUT2D eigenvalue weighted by Crippen LogP contribution is 2.32. The molecule has 5 rings (SSSR count). The van der Waals surface area contributed by atoms with E-state index >= 15 is 0 Å². The van der Waals surface area contributed by atoms with Gasteiger partial charge in [-0.3, -0.25) is 14.2 Å². The number of carbonyl (C=O) groups is 2. The number of benzene rings is 3. The minimum absolute atomic E-state index is 0.0442. The molecule has 0 N–H and O–H groups in total. The van der Waals surface area contributed by atoms with Gasteiger partial charge in [-0.25, -0.2) is 9.78 Å². The summed E-state index contributed by atoms with van der Waals surface area (Å²) in [5.74, 6) is -0.552. The van der Waals surface area contributed by atoms with Gasteiger partial charge >= 0.3 is 5.97 Å². The summed E-state index contributed by atoms with van der Waals surface area (Å²) in [6.07, 6.45) is 0.818. The van der Waals surface area contributed by atoms with E-state index in [1.807, 2.05) is 61.5 Å². The van der Waals surface area contributed by atoms with Gasteiger partial charge in [0.15, 0.2) is 5.16 Å². The van der Waals surface area contributed by atoms with Gasteiger partial charge in [-0.1, -0.05) is 48.2 Å². The van der Waals surface area contributed by atoms with E-state index in [1.54, 1.807) is 23.1 Å². The Bertz CT molecular complexity index is 1500. The van der Waals surface area contributed by atoms with Crippen LogP contribution in [0.5, 0.6) is 0 Å². The van der Waals surface area contributed by atoms with E-state index in [1.165, 1.54) is 23.4 Å². The van der Waals surface area contributed by atoms with E-state index in [0.29, 0.717) is 33.9 Å². The summed E-state index contributed by atoms with van der Waals surface area (Å²) in [6.45, 7) is 2.45. The number of ether oxygens (including phenoxy) is 1. The number of rotatable bonds is 5. The highest BCUT2D eigenvalue weighted by Gasteiger charge is 2.29. The Morgan fingerprint density at radius 3 is 2.54 bits per heavy atom. The molecule has 1 aliphatic heterocycles. The van der Waals surface area contributed by atoms with Gasteiger partial charge in [-0.15, -0.1) is 0 Å². The van der Waals surface area contributed by atoms with Crippen LogP contribution in [0.1, 0.15) is 22.8 Å². The SMILES string of the molecule is COC(=O)c1ccc2c(=O)n(-c3ccccc3)c(SC(C)C(=O)N3CCc4ccccc43)nc2c1. The molecule has 0 radical (unpaired) electrons. The van der Waals surface area contributed by atoms with Crippen molar-refractivity contribution in [3.63, 3.8) is 0 Å². The highest BCUT2D eigenvalue weighted by molar-refractivity contribution is 8.00. The fraction of sp³-hybridized carbons (Fsp3) is 0.185. The standard InChI is InChI=1S/C27H23N3O4S/c1-17(24(31)29-15-14-18-8-6-7-11-23(18)29)35-27-28-22-16-19(26(33)34-2)12-13-21(22)25(32)30(27)20-9-4-3-5-10-20/h3-13,16-17H,14-15H2,1-2H3. The molecule has 0 saturated carbocycles. The van der Waals surface area contributed by atoms with Crippen LogP contribution in [0.15, 0.2) is 82.7 Å². The Morgan fingerprint density at radius 2 is 1.77 bits per heavy atom. The van der Waals surface area contributed by atoms with Crippen LogP contribution in [-0.2, 0) is 16.0 Å². The average molecular weight is 486 g/mol. The number of aromatic nitrogens is 2. The molecule has 2 heterocycles. The first-order valence-corrected chi connectivity index (χ1v) is 12.1. The normalized spacial score (nSPS) is 13.5. The fourth-order valence-corrected chi connectivity index (χ4v) is 5.28. The number of amides is 1. The van der Waals surface area contributed by atoms with Crippen molar-refractivity contribution in [1.82, 2.24) is 9.55 Å².